The summed E-state index contributed by atoms with van der Waals surface area (Å²) < 4.78 is 5.55. The van der Waals surface area contributed by atoms with Crippen LogP contribution in [0, 0.1) is 11.8 Å². The molecule has 0 aliphatic heterocycles. The quantitative estimate of drug-likeness (QED) is 0.780. The Morgan fingerprint density at radius 1 is 1.19 bits per heavy atom. The van der Waals surface area contributed by atoms with Gasteiger partial charge in [-0.25, -0.2) is 0 Å². The lowest BCUT2D eigenvalue weighted by atomic mass is 9.74. The average molecular weight is 226 g/mol. The molecular formula is C14H26O2. The van der Waals surface area contributed by atoms with Crippen molar-refractivity contribution in [2.45, 2.75) is 70.5 Å². The minimum Gasteiger partial charge on any atom is -0.393 e. The maximum atomic E-state index is 10.2. The molecule has 2 saturated carbocycles. The van der Waals surface area contributed by atoms with Crippen LogP contribution in [0.15, 0.2) is 0 Å². The Balaban J connectivity index is 1.62. The number of aliphatic hydroxyl groups is 1. The van der Waals surface area contributed by atoms with Gasteiger partial charge in [-0.05, 0) is 50.9 Å². The van der Waals surface area contributed by atoms with E-state index < -0.39 is 0 Å². The third-order valence-corrected chi connectivity index (χ3v) is 4.36. The Hall–Kier alpha value is -0.0800. The molecule has 0 bridgehead atoms. The molecule has 0 aromatic rings. The van der Waals surface area contributed by atoms with Crippen LogP contribution in [0.1, 0.15) is 58.3 Å². The highest BCUT2D eigenvalue weighted by atomic mass is 16.5. The minimum atomic E-state index is -0.0344. The lowest BCUT2D eigenvalue weighted by Crippen LogP contribution is -2.35. The molecule has 0 heterocycles. The Morgan fingerprint density at radius 3 is 2.50 bits per heavy atom. The Labute approximate surface area is 99.4 Å². The molecule has 2 fully saturated rings. The summed E-state index contributed by atoms with van der Waals surface area (Å²) in [6.07, 6.45) is 10.4. The van der Waals surface area contributed by atoms with Crippen LogP contribution in [-0.2, 0) is 4.74 Å². The monoisotopic (exact) mass is 226 g/mol. The van der Waals surface area contributed by atoms with Crippen LogP contribution in [0.4, 0.5) is 0 Å². The van der Waals surface area contributed by atoms with Gasteiger partial charge in [0.25, 0.3) is 0 Å². The van der Waals surface area contributed by atoms with E-state index in [4.69, 9.17) is 4.74 Å². The fourth-order valence-electron chi connectivity index (χ4n) is 3.29. The summed E-state index contributed by atoms with van der Waals surface area (Å²) in [5.74, 6) is 1.33. The number of hydrogen-bond acceptors (Lipinski definition) is 2. The van der Waals surface area contributed by atoms with E-state index >= 15 is 0 Å². The van der Waals surface area contributed by atoms with E-state index in [0.717, 1.165) is 18.9 Å². The molecular weight excluding hydrogens is 200 g/mol. The molecule has 1 atom stereocenters. The summed E-state index contributed by atoms with van der Waals surface area (Å²) in [7, 11) is 0. The lowest BCUT2D eigenvalue weighted by Gasteiger charge is -2.38. The van der Waals surface area contributed by atoms with Gasteiger partial charge in [-0.1, -0.05) is 19.3 Å². The van der Waals surface area contributed by atoms with Crippen LogP contribution in [0.25, 0.3) is 0 Å². The summed E-state index contributed by atoms with van der Waals surface area (Å²) in [5, 5.41) is 10.2. The molecule has 1 unspecified atom stereocenters. The lowest BCUT2D eigenvalue weighted by molar-refractivity contribution is -0.0457. The maximum Gasteiger partial charge on any atom is 0.0580 e. The van der Waals surface area contributed by atoms with Crippen LogP contribution in [-0.4, -0.2) is 23.9 Å². The molecule has 2 rings (SSSR count). The first-order valence-electron chi connectivity index (χ1n) is 7.09. The molecule has 0 amide bonds. The van der Waals surface area contributed by atoms with E-state index in [1.807, 2.05) is 0 Å². The van der Waals surface area contributed by atoms with E-state index in [9.17, 15) is 5.11 Å². The molecule has 0 saturated heterocycles. The number of rotatable bonds is 5. The highest BCUT2D eigenvalue weighted by Gasteiger charge is 2.33. The Morgan fingerprint density at radius 2 is 1.88 bits per heavy atom. The molecule has 1 N–H and O–H groups in total. The normalized spacial score (nSPS) is 33.4. The molecule has 16 heavy (non-hydrogen) atoms. The number of aliphatic hydroxyl groups excluding tert-OH is 1. The van der Waals surface area contributed by atoms with Crippen LogP contribution < -0.4 is 0 Å². The standard InChI is InChI=1S/C14H26O2/c1-2-16-13-8-11(9-13)10-14(15)12-6-4-3-5-7-12/h11-15H,2-10H2,1H3. The minimum absolute atomic E-state index is 0.0344. The first-order chi connectivity index (χ1) is 7.79. The molecule has 0 spiro atoms. The van der Waals surface area contributed by atoms with Crippen molar-refractivity contribution in [3.63, 3.8) is 0 Å². The fourth-order valence-corrected chi connectivity index (χ4v) is 3.29. The number of ether oxygens (including phenoxy) is 1. The van der Waals surface area contributed by atoms with Crippen molar-refractivity contribution in [2.24, 2.45) is 11.8 Å². The largest absolute Gasteiger partial charge is 0.393 e. The third kappa shape index (κ3) is 3.21. The van der Waals surface area contributed by atoms with E-state index in [1.54, 1.807) is 0 Å². The zero-order valence-corrected chi connectivity index (χ0v) is 10.5. The van der Waals surface area contributed by atoms with E-state index in [1.165, 1.54) is 44.9 Å². The molecule has 0 aromatic carbocycles. The Kier molecular flexibility index (Phi) is 4.66. The van der Waals surface area contributed by atoms with Crippen molar-refractivity contribution < 1.29 is 9.84 Å². The highest BCUT2D eigenvalue weighted by molar-refractivity contribution is 4.84. The first-order valence-corrected chi connectivity index (χ1v) is 7.09. The molecule has 2 heteroatoms. The molecule has 94 valence electrons. The molecule has 2 nitrogen and oxygen atoms in total. The molecule has 2 aliphatic rings. The zero-order chi connectivity index (χ0) is 11.4. The van der Waals surface area contributed by atoms with Crippen molar-refractivity contribution in [1.29, 1.82) is 0 Å². The molecule has 2 aliphatic carbocycles. The maximum absolute atomic E-state index is 10.2. The van der Waals surface area contributed by atoms with Crippen molar-refractivity contribution in [3.05, 3.63) is 0 Å². The SMILES string of the molecule is CCOC1CC(CC(O)C2CCCCC2)C1. The van der Waals surface area contributed by atoms with Gasteiger partial charge in [0.05, 0.1) is 12.2 Å². The van der Waals surface area contributed by atoms with Gasteiger partial charge in [0, 0.05) is 6.61 Å². The van der Waals surface area contributed by atoms with Gasteiger partial charge in [0.1, 0.15) is 0 Å². The van der Waals surface area contributed by atoms with Crippen molar-refractivity contribution in [2.75, 3.05) is 6.61 Å². The molecule has 0 aromatic heterocycles. The van der Waals surface area contributed by atoms with Crippen molar-refractivity contribution >= 4 is 0 Å². The van der Waals surface area contributed by atoms with Gasteiger partial charge in [-0.2, -0.15) is 0 Å². The van der Waals surface area contributed by atoms with Crippen LogP contribution in [0.3, 0.4) is 0 Å². The zero-order valence-electron chi connectivity index (χ0n) is 10.5. The van der Waals surface area contributed by atoms with Gasteiger partial charge in [0.2, 0.25) is 0 Å². The smallest absolute Gasteiger partial charge is 0.0580 e. The van der Waals surface area contributed by atoms with Gasteiger partial charge >= 0.3 is 0 Å². The van der Waals surface area contributed by atoms with Gasteiger partial charge in [-0.3, -0.25) is 0 Å². The summed E-state index contributed by atoms with van der Waals surface area (Å²) >= 11 is 0. The van der Waals surface area contributed by atoms with E-state index in [-0.39, 0.29) is 6.10 Å². The predicted octanol–water partition coefficient (Wildman–Crippen LogP) is 3.13. The van der Waals surface area contributed by atoms with Gasteiger partial charge < -0.3 is 9.84 Å². The van der Waals surface area contributed by atoms with Crippen molar-refractivity contribution in [3.8, 4) is 0 Å². The summed E-state index contributed by atoms with van der Waals surface area (Å²) in [6, 6.07) is 0. The summed E-state index contributed by atoms with van der Waals surface area (Å²) in [6.45, 7) is 2.90. The topological polar surface area (TPSA) is 29.5 Å². The number of hydrogen-bond donors (Lipinski definition) is 1. The second kappa shape index (κ2) is 6.02. The predicted molar refractivity (Wildman–Crippen MR) is 65.3 cm³/mol. The van der Waals surface area contributed by atoms with Crippen LogP contribution in [0.5, 0.6) is 0 Å². The second-order valence-electron chi connectivity index (χ2n) is 5.62. The highest BCUT2D eigenvalue weighted by Crippen LogP contribution is 2.37. The second-order valence-corrected chi connectivity index (χ2v) is 5.62. The summed E-state index contributed by atoms with van der Waals surface area (Å²) in [4.78, 5) is 0. The molecule has 0 radical (unpaired) electrons. The van der Waals surface area contributed by atoms with E-state index in [0.29, 0.717) is 12.0 Å². The summed E-state index contributed by atoms with van der Waals surface area (Å²) in [5.41, 5.74) is 0. The fraction of sp³-hybridized carbons (Fsp3) is 1.00. The van der Waals surface area contributed by atoms with Crippen LogP contribution in [0.2, 0.25) is 0 Å². The van der Waals surface area contributed by atoms with Gasteiger partial charge in [-0.15, -0.1) is 0 Å². The third-order valence-electron chi connectivity index (χ3n) is 4.36. The van der Waals surface area contributed by atoms with Crippen molar-refractivity contribution in [1.82, 2.24) is 0 Å². The van der Waals surface area contributed by atoms with Gasteiger partial charge in [0.15, 0.2) is 0 Å². The average Bonchev–Trinajstić information content (AvgIpc) is 2.27. The Bertz CT molecular complexity index is 193. The first kappa shape index (κ1) is 12.4. The van der Waals surface area contributed by atoms with Crippen LogP contribution >= 0.6 is 0 Å². The van der Waals surface area contributed by atoms with E-state index in [2.05, 4.69) is 6.92 Å².